The Morgan fingerprint density at radius 1 is 1.08 bits per heavy atom. The number of hydrogen-bond acceptors (Lipinski definition) is 3. The van der Waals surface area contributed by atoms with E-state index in [1.807, 2.05) is 66.8 Å². The molecule has 1 aromatic rings. The average Bonchev–Trinajstić information content (AvgIpc) is 2.59. The van der Waals surface area contributed by atoms with Crippen LogP contribution in [-0.4, -0.2) is 6.04 Å². The van der Waals surface area contributed by atoms with Crippen LogP contribution in [0.4, 0.5) is 0 Å². The fraction of sp³-hybridized carbons (Fsp3) is 0.0909. The van der Waals surface area contributed by atoms with Gasteiger partial charge in [-0.25, -0.2) is 0 Å². The summed E-state index contributed by atoms with van der Waals surface area (Å²) in [6.45, 7) is 8.22. The quantitative estimate of drug-likeness (QED) is 0.801. The zero-order chi connectivity index (χ0) is 18.1. The van der Waals surface area contributed by atoms with Crippen LogP contribution in [0.2, 0.25) is 0 Å². The van der Waals surface area contributed by atoms with E-state index < -0.39 is 0 Å². The molecule has 1 heterocycles. The first kappa shape index (κ1) is 18.8. The van der Waals surface area contributed by atoms with Crippen molar-refractivity contribution in [3.05, 3.63) is 113 Å². The molecule has 1 unspecified atom stereocenters. The highest BCUT2D eigenvalue weighted by Gasteiger charge is 2.12. The molecule has 0 radical (unpaired) electrons. The van der Waals surface area contributed by atoms with Gasteiger partial charge in [-0.3, -0.25) is 0 Å². The molecule has 1 atom stereocenters. The zero-order valence-electron chi connectivity index (χ0n) is 14.3. The lowest BCUT2D eigenvalue weighted by molar-refractivity contribution is 0.975. The SMILES string of the molecule is C=C1/C=C\C=C/C/C=C\C=C(\C(N)/C=C(\N)c2ccccc2)C(=C)S1. The summed E-state index contributed by atoms with van der Waals surface area (Å²) < 4.78 is 0. The van der Waals surface area contributed by atoms with Crippen molar-refractivity contribution in [1.29, 1.82) is 0 Å². The van der Waals surface area contributed by atoms with Crippen molar-refractivity contribution in [2.24, 2.45) is 11.5 Å². The monoisotopic (exact) mass is 348 g/mol. The van der Waals surface area contributed by atoms with Crippen LogP contribution in [0.5, 0.6) is 0 Å². The Labute approximate surface area is 154 Å². The van der Waals surface area contributed by atoms with E-state index in [1.54, 1.807) is 0 Å². The molecule has 25 heavy (non-hydrogen) atoms. The van der Waals surface area contributed by atoms with Gasteiger partial charge in [-0.15, -0.1) is 0 Å². The normalized spacial score (nSPS) is 23.6. The Morgan fingerprint density at radius 2 is 1.80 bits per heavy atom. The second-order valence-corrected chi connectivity index (χ2v) is 6.80. The highest BCUT2D eigenvalue weighted by Crippen LogP contribution is 2.31. The summed E-state index contributed by atoms with van der Waals surface area (Å²) in [6, 6.07) is 9.46. The Balaban J connectivity index is 2.28. The molecular formula is C22H24N2S. The van der Waals surface area contributed by atoms with Gasteiger partial charge in [-0.1, -0.05) is 91.7 Å². The molecule has 1 aliphatic rings. The first-order chi connectivity index (χ1) is 12.1. The minimum Gasteiger partial charge on any atom is -0.398 e. The summed E-state index contributed by atoms with van der Waals surface area (Å²) in [7, 11) is 0. The van der Waals surface area contributed by atoms with Crippen LogP contribution >= 0.6 is 11.8 Å². The second-order valence-electron chi connectivity index (χ2n) is 5.58. The van der Waals surface area contributed by atoms with Crippen LogP contribution in [-0.2, 0) is 0 Å². The van der Waals surface area contributed by atoms with Crippen molar-refractivity contribution in [3.8, 4) is 0 Å². The third-order valence-corrected chi connectivity index (χ3v) is 4.50. The van der Waals surface area contributed by atoms with E-state index in [9.17, 15) is 0 Å². The fourth-order valence-electron chi connectivity index (χ4n) is 2.30. The van der Waals surface area contributed by atoms with Gasteiger partial charge in [0.05, 0.1) is 6.04 Å². The predicted molar refractivity (Wildman–Crippen MR) is 113 cm³/mol. The molecule has 0 fully saturated rings. The Hall–Kier alpha value is -2.49. The fourth-order valence-corrected chi connectivity index (χ4v) is 3.09. The minimum absolute atomic E-state index is 0.347. The van der Waals surface area contributed by atoms with Crippen molar-refractivity contribution >= 4 is 17.5 Å². The Kier molecular flexibility index (Phi) is 7.33. The lowest BCUT2D eigenvalue weighted by Crippen LogP contribution is -2.22. The molecule has 0 spiro atoms. The van der Waals surface area contributed by atoms with E-state index in [2.05, 4.69) is 25.3 Å². The number of allylic oxidation sites excluding steroid dienone is 7. The van der Waals surface area contributed by atoms with E-state index in [-0.39, 0.29) is 6.04 Å². The maximum absolute atomic E-state index is 6.41. The van der Waals surface area contributed by atoms with Gasteiger partial charge in [0.15, 0.2) is 0 Å². The molecule has 0 aliphatic carbocycles. The van der Waals surface area contributed by atoms with Crippen molar-refractivity contribution in [1.82, 2.24) is 0 Å². The highest BCUT2D eigenvalue weighted by atomic mass is 32.2. The van der Waals surface area contributed by atoms with Crippen LogP contribution < -0.4 is 11.5 Å². The molecule has 0 bridgehead atoms. The molecule has 2 nitrogen and oxygen atoms in total. The predicted octanol–water partition coefficient (Wildman–Crippen LogP) is 5.07. The summed E-state index contributed by atoms with van der Waals surface area (Å²) in [4.78, 5) is 1.78. The van der Waals surface area contributed by atoms with Gasteiger partial charge >= 0.3 is 0 Å². The molecule has 4 N–H and O–H groups in total. The van der Waals surface area contributed by atoms with E-state index in [1.165, 1.54) is 11.8 Å². The smallest absolute Gasteiger partial charge is 0.0515 e. The van der Waals surface area contributed by atoms with E-state index in [4.69, 9.17) is 11.5 Å². The summed E-state index contributed by atoms with van der Waals surface area (Å²) in [5.41, 5.74) is 15.2. The van der Waals surface area contributed by atoms with E-state index in [0.717, 1.165) is 27.4 Å². The molecule has 1 aromatic carbocycles. The lowest BCUT2D eigenvalue weighted by Gasteiger charge is -2.16. The maximum Gasteiger partial charge on any atom is 0.0515 e. The molecule has 1 aliphatic heterocycles. The first-order valence-electron chi connectivity index (χ1n) is 8.12. The van der Waals surface area contributed by atoms with Crippen molar-refractivity contribution in [3.63, 3.8) is 0 Å². The first-order valence-corrected chi connectivity index (χ1v) is 8.94. The highest BCUT2D eigenvalue weighted by molar-refractivity contribution is 8.07. The molecule has 0 saturated carbocycles. The van der Waals surface area contributed by atoms with Crippen molar-refractivity contribution < 1.29 is 0 Å². The standard InChI is InChI=1S/C22H24N2S/c1-17-12-8-5-3-4-6-11-15-20(18(2)25-17)22(24)16-21(23)19-13-9-7-10-14-19/h3,5-16,22H,1-2,4,23-24H2/b5-3-,11-6-,12-8-,20-15+,21-16-. The van der Waals surface area contributed by atoms with Gasteiger partial charge < -0.3 is 11.5 Å². The van der Waals surface area contributed by atoms with Gasteiger partial charge in [0, 0.05) is 15.5 Å². The number of nitrogens with two attached hydrogens (primary N) is 2. The van der Waals surface area contributed by atoms with Gasteiger partial charge in [0.2, 0.25) is 0 Å². The largest absolute Gasteiger partial charge is 0.398 e. The minimum atomic E-state index is -0.347. The van der Waals surface area contributed by atoms with Crippen molar-refractivity contribution in [2.45, 2.75) is 12.5 Å². The Morgan fingerprint density at radius 3 is 2.56 bits per heavy atom. The molecule has 0 amide bonds. The number of thioether (sulfide) groups is 1. The molecule has 2 rings (SSSR count). The van der Waals surface area contributed by atoms with Crippen molar-refractivity contribution in [2.75, 3.05) is 0 Å². The van der Waals surface area contributed by atoms with Gasteiger partial charge in [-0.05, 0) is 29.7 Å². The topological polar surface area (TPSA) is 52.0 Å². The second kappa shape index (κ2) is 9.72. The number of benzene rings is 1. The van der Waals surface area contributed by atoms with E-state index >= 15 is 0 Å². The van der Waals surface area contributed by atoms with Crippen LogP contribution in [0.1, 0.15) is 12.0 Å². The van der Waals surface area contributed by atoms with E-state index in [0.29, 0.717) is 5.70 Å². The van der Waals surface area contributed by atoms with Gasteiger partial charge in [0.1, 0.15) is 0 Å². The molecule has 3 heteroatoms. The third-order valence-electron chi connectivity index (χ3n) is 3.61. The third kappa shape index (κ3) is 6.14. The summed E-state index contributed by atoms with van der Waals surface area (Å²) in [5.74, 6) is 0. The zero-order valence-corrected chi connectivity index (χ0v) is 15.1. The molecule has 0 aromatic heterocycles. The maximum atomic E-state index is 6.41. The van der Waals surface area contributed by atoms with Gasteiger partial charge in [-0.2, -0.15) is 0 Å². The van der Waals surface area contributed by atoms with Crippen LogP contribution in [0.25, 0.3) is 5.70 Å². The number of rotatable bonds is 3. The molecular weight excluding hydrogens is 324 g/mol. The average molecular weight is 349 g/mol. The van der Waals surface area contributed by atoms with Crippen LogP contribution in [0.15, 0.2) is 107 Å². The molecule has 0 saturated heterocycles. The molecule has 128 valence electrons. The van der Waals surface area contributed by atoms with Gasteiger partial charge in [0.25, 0.3) is 0 Å². The summed E-state index contributed by atoms with van der Waals surface area (Å²) in [5, 5.41) is 0. The van der Waals surface area contributed by atoms with Crippen LogP contribution in [0, 0.1) is 0 Å². The van der Waals surface area contributed by atoms with Crippen LogP contribution in [0.3, 0.4) is 0 Å². The summed E-state index contributed by atoms with van der Waals surface area (Å²) >= 11 is 1.51. The summed E-state index contributed by atoms with van der Waals surface area (Å²) in [6.07, 6.45) is 16.9. The Bertz CT molecular complexity index is 764. The number of hydrogen-bond donors (Lipinski definition) is 2. The lowest BCUT2D eigenvalue weighted by atomic mass is 10.0.